The maximum atomic E-state index is 13.0. The van der Waals surface area contributed by atoms with Crippen LogP contribution in [0.4, 0.5) is 0 Å². The second-order valence-corrected chi connectivity index (χ2v) is 24.5. The first kappa shape index (κ1) is 79.8. The Kier molecular flexibility index (Phi) is 68.6. The quantitative estimate of drug-likeness (QED) is 0.0261. The van der Waals surface area contributed by atoms with Gasteiger partial charge in [-0.15, -0.1) is 0 Å². The highest BCUT2D eigenvalue weighted by molar-refractivity contribution is 5.71. The highest BCUT2D eigenvalue weighted by Crippen LogP contribution is 2.19. The lowest BCUT2D eigenvalue weighted by molar-refractivity contribution is -0.167. The minimum atomic E-state index is -0.780. The van der Waals surface area contributed by atoms with E-state index in [9.17, 15) is 14.4 Å². The summed E-state index contributed by atoms with van der Waals surface area (Å²) in [5, 5.41) is 0. The van der Waals surface area contributed by atoms with Crippen LogP contribution >= 0.6 is 0 Å². The van der Waals surface area contributed by atoms with E-state index in [1.54, 1.807) is 0 Å². The molecule has 1 unspecified atom stereocenters. The molecule has 6 nitrogen and oxygen atoms in total. The number of ether oxygens (including phenoxy) is 3. The van der Waals surface area contributed by atoms with Gasteiger partial charge < -0.3 is 14.2 Å². The Morgan fingerprint density at radius 1 is 0.253 bits per heavy atom. The van der Waals surface area contributed by atoms with Crippen LogP contribution in [0.15, 0.2) is 72.9 Å². The van der Waals surface area contributed by atoms with Gasteiger partial charge >= 0.3 is 17.9 Å². The number of esters is 3. The molecule has 0 radical (unpaired) electrons. The molecular weight excluding hydrogens is 1020 g/mol. The van der Waals surface area contributed by atoms with Gasteiger partial charge in [0.2, 0.25) is 0 Å². The van der Waals surface area contributed by atoms with Crippen LogP contribution in [-0.4, -0.2) is 37.2 Å². The van der Waals surface area contributed by atoms with Gasteiger partial charge in [0.1, 0.15) is 13.2 Å². The van der Waals surface area contributed by atoms with E-state index < -0.39 is 6.10 Å². The molecular formula is C77H138O6. The van der Waals surface area contributed by atoms with Crippen LogP contribution in [0, 0.1) is 0 Å². The van der Waals surface area contributed by atoms with Gasteiger partial charge in [-0.3, -0.25) is 14.4 Å². The van der Waals surface area contributed by atoms with Crippen molar-refractivity contribution in [2.24, 2.45) is 0 Å². The zero-order valence-electron chi connectivity index (χ0n) is 55.5. The molecule has 0 saturated carbocycles. The minimum Gasteiger partial charge on any atom is -0.462 e. The second-order valence-electron chi connectivity index (χ2n) is 24.5. The number of hydrogen-bond acceptors (Lipinski definition) is 6. The summed E-state index contributed by atoms with van der Waals surface area (Å²) in [7, 11) is 0. The van der Waals surface area contributed by atoms with Gasteiger partial charge in [-0.1, -0.05) is 351 Å². The topological polar surface area (TPSA) is 78.9 Å². The molecule has 0 aliphatic carbocycles. The molecule has 0 bridgehead atoms. The third-order valence-corrected chi connectivity index (χ3v) is 16.2. The van der Waals surface area contributed by atoms with E-state index in [4.69, 9.17) is 14.2 Å². The van der Waals surface area contributed by atoms with Gasteiger partial charge in [0.15, 0.2) is 6.10 Å². The smallest absolute Gasteiger partial charge is 0.306 e. The van der Waals surface area contributed by atoms with Crippen molar-refractivity contribution in [3.63, 3.8) is 0 Å². The first-order chi connectivity index (χ1) is 41.0. The van der Waals surface area contributed by atoms with Crippen LogP contribution in [0.25, 0.3) is 0 Å². The lowest BCUT2D eigenvalue weighted by atomic mass is 10.0. The molecule has 0 amide bonds. The highest BCUT2D eigenvalue weighted by atomic mass is 16.6. The summed E-state index contributed by atoms with van der Waals surface area (Å²) in [5.41, 5.74) is 0. The Bertz CT molecular complexity index is 1520. The summed E-state index contributed by atoms with van der Waals surface area (Å²) in [5.74, 6) is -0.865. The average Bonchev–Trinajstić information content (AvgIpc) is 3.49. The van der Waals surface area contributed by atoms with Gasteiger partial charge in [-0.05, 0) is 83.5 Å². The highest BCUT2D eigenvalue weighted by Gasteiger charge is 2.19. The molecule has 6 heteroatoms. The summed E-state index contributed by atoms with van der Waals surface area (Å²) in [4.78, 5) is 38.5. The predicted molar refractivity (Wildman–Crippen MR) is 362 cm³/mol. The zero-order valence-corrected chi connectivity index (χ0v) is 55.5. The number of unbranched alkanes of at least 4 members (excludes halogenated alkanes) is 44. The van der Waals surface area contributed by atoms with Gasteiger partial charge in [-0.25, -0.2) is 0 Å². The number of rotatable bonds is 67. The van der Waals surface area contributed by atoms with Crippen LogP contribution in [0.1, 0.15) is 380 Å². The number of carbonyl (C=O) groups excluding carboxylic acids is 3. The summed E-state index contributed by atoms with van der Waals surface area (Å²) >= 11 is 0. The van der Waals surface area contributed by atoms with Crippen molar-refractivity contribution < 1.29 is 28.6 Å². The van der Waals surface area contributed by atoms with E-state index in [1.807, 2.05) is 0 Å². The van der Waals surface area contributed by atoms with E-state index >= 15 is 0 Å². The van der Waals surface area contributed by atoms with E-state index in [1.165, 1.54) is 231 Å². The van der Waals surface area contributed by atoms with Gasteiger partial charge in [-0.2, -0.15) is 0 Å². The minimum absolute atomic E-state index is 0.0749. The van der Waals surface area contributed by atoms with Crippen LogP contribution in [0.3, 0.4) is 0 Å². The molecule has 1 atom stereocenters. The Morgan fingerprint density at radius 2 is 0.494 bits per heavy atom. The van der Waals surface area contributed by atoms with Crippen LogP contribution in [-0.2, 0) is 28.6 Å². The van der Waals surface area contributed by atoms with Gasteiger partial charge in [0.25, 0.3) is 0 Å². The van der Waals surface area contributed by atoms with Crippen LogP contribution < -0.4 is 0 Å². The molecule has 0 spiro atoms. The Balaban J connectivity index is 4.21. The van der Waals surface area contributed by atoms with Crippen molar-refractivity contribution >= 4 is 17.9 Å². The fourth-order valence-corrected chi connectivity index (χ4v) is 10.8. The van der Waals surface area contributed by atoms with Gasteiger partial charge in [0.05, 0.1) is 0 Å². The monoisotopic (exact) mass is 1160 g/mol. The molecule has 0 rings (SSSR count). The first-order valence-corrected chi connectivity index (χ1v) is 36.4. The predicted octanol–water partition coefficient (Wildman–Crippen LogP) is 25.2. The molecule has 0 aromatic heterocycles. The molecule has 0 N–H and O–H groups in total. The molecule has 83 heavy (non-hydrogen) atoms. The summed E-state index contributed by atoms with van der Waals surface area (Å²) in [6, 6.07) is 0. The van der Waals surface area contributed by atoms with Crippen LogP contribution in [0.5, 0.6) is 0 Å². The lowest BCUT2D eigenvalue weighted by Gasteiger charge is -2.18. The summed E-state index contributed by atoms with van der Waals surface area (Å²) < 4.78 is 17.0. The maximum Gasteiger partial charge on any atom is 0.306 e. The second kappa shape index (κ2) is 71.3. The van der Waals surface area contributed by atoms with E-state index in [0.29, 0.717) is 19.3 Å². The number of allylic oxidation sites excluding steroid dienone is 12. The fraction of sp³-hybridized carbons (Fsp3) is 0.805. The zero-order chi connectivity index (χ0) is 59.9. The third kappa shape index (κ3) is 69.5. The molecule has 0 heterocycles. The summed E-state index contributed by atoms with van der Waals surface area (Å²) in [6.07, 6.45) is 93.7. The summed E-state index contributed by atoms with van der Waals surface area (Å²) in [6.45, 7) is 6.52. The molecule has 0 aliphatic rings. The van der Waals surface area contributed by atoms with Crippen molar-refractivity contribution in [1.82, 2.24) is 0 Å². The van der Waals surface area contributed by atoms with Crippen molar-refractivity contribution in [2.75, 3.05) is 13.2 Å². The Morgan fingerprint density at radius 3 is 0.783 bits per heavy atom. The largest absolute Gasteiger partial charge is 0.462 e. The molecule has 0 aliphatic heterocycles. The number of carbonyl (C=O) groups is 3. The normalized spacial score (nSPS) is 12.5. The van der Waals surface area contributed by atoms with E-state index in [-0.39, 0.29) is 31.1 Å². The lowest BCUT2D eigenvalue weighted by Crippen LogP contribution is -2.30. The Hall–Kier alpha value is -3.15. The Labute approximate surface area is 516 Å². The van der Waals surface area contributed by atoms with Crippen molar-refractivity contribution in [3.8, 4) is 0 Å². The molecule has 0 aromatic rings. The SMILES string of the molecule is CC/C=C\C/C=C\C/C=C\C/C=C\CCCCCCCCCCCCCCCCCCC(=O)OCC(COC(=O)CCCCCCC/C=C\C/C=C\CCC)OC(=O)CCCCCCCCCCCCCCCCCCCCCCCCC. The third-order valence-electron chi connectivity index (χ3n) is 16.2. The van der Waals surface area contributed by atoms with E-state index in [0.717, 1.165) is 109 Å². The maximum absolute atomic E-state index is 13.0. The number of hydrogen-bond donors (Lipinski definition) is 0. The average molecular weight is 1160 g/mol. The van der Waals surface area contributed by atoms with Crippen molar-refractivity contribution in [2.45, 2.75) is 386 Å². The molecule has 0 aromatic carbocycles. The van der Waals surface area contributed by atoms with Crippen molar-refractivity contribution in [3.05, 3.63) is 72.9 Å². The van der Waals surface area contributed by atoms with E-state index in [2.05, 4.69) is 93.7 Å². The molecule has 0 saturated heterocycles. The fourth-order valence-electron chi connectivity index (χ4n) is 10.8. The molecule has 0 fully saturated rings. The van der Waals surface area contributed by atoms with Crippen molar-refractivity contribution in [1.29, 1.82) is 0 Å². The first-order valence-electron chi connectivity index (χ1n) is 36.4. The van der Waals surface area contributed by atoms with Gasteiger partial charge in [0, 0.05) is 19.3 Å². The standard InChI is InChI=1S/C77H138O6/c1-4-7-10-13-16-19-22-25-27-29-31-33-35-36-37-38-39-40-42-43-45-47-49-52-55-58-61-64-67-70-76(79)82-73-74(72-81-75(78)69-66-63-60-57-54-51-24-21-18-15-12-9-6-3)83-77(80)71-68-65-62-59-56-53-50-48-46-44-41-34-32-30-28-26-23-20-17-14-11-8-5-2/h7,10,12,15-16,19,21,24-25,27,31,33,74H,4-6,8-9,11,13-14,17-18,20,22-23,26,28-30,32,34-73H2,1-3H3/b10-7-,15-12-,19-16-,24-21-,27-25-,33-31-. The van der Waals surface area contributed by atoms with Crippen LogP contribution in [0.2, 0.25) is 0 Å². The molecule has 482 valence electrons.